The maximum Gasteiger partial charge on any atom is 0.405 e. The number of carboxylic acid groups (broad SMARTS) is 1. The molecule has 6 heteroatoms. The number of halogens is 2. The number of nitrogens with zero attached hydrogens (tertiary/aromatic N) is 1. The summed E-state index contributed by atoms with van der Waals surface area (Å²) in [5.74, 6) is -1.70. The van der Waals surface area contributed by atoms with Gasteiger partial charge in [0.1, 0.15) is 17.7 Å². The van der Waals surface area contributed by atoms with Gasteiger partial charge < -0.3 is 10.4 Å². The van der Waals surface area contributed by atoms with Crippen molar-refractivity contribution >= 4 is 6.09 Å². The maximum absolute atomic E-state index is 13.5. The number of benzene rings is 1. The number of hydrogen-bond acceptors (Lipinski definition) is 2. The molecular formula is C10H8F2N2O2. The first-order valence-corrected chi connectivity index (χ1v) is 4.34. The van der Waals surface area contributed by atoms with Gasteiger partial charge in [-0.25, -0.2) is 13.6 Å². The Morgan fingerprint density at radius 3 is 2.69 bits per heavy atom. The Kier molecular flexibility index (Phi) is 3.40. The Labute approximate surface area is 90.1 Å². The highest BCUT2D eigenvalue weighted by molar-refractivity contribution is 5.65. The van der Waals surface area contributed by atoms with Crippen LogP contribution < -0.4 is 5.32 Å². The summed E-state index contributed by atoms with van der Waals surface area (Å²) in [5, 5.41) is 19.0. The second-order valence-corrected chi connectivity index (χ2v) is 3.14. The van der Waals surface area contributed by atoms with Gasteiger partial charge in [-0.05, 0) is 19.1 Å². The SMILES string of the molecule is CC(NC(=O)O)c1cc(F)cc(C#N)c1F. The van der Waals surface area contributed by atoms with Crippen LogP contribution in [0.3, 0.4) is 0 Å². The fourth-order valence-corrected chi connectivity index (χ4v) is 1.27. The van der Waals surface area contributed by atoms with Crippen LogP contribution in [-0.2, 0) is 0 Å². The molecule has 1 amide bonds. The molecule has 1 aromatic rings. The molecule has 0 saturated heterocycles. The minimum atomic E-state index is -1.35. The molecule has 0 bridgehead atoms. The van der Waals surface area contributed by atoms with Gasteiger partial charge in [0, 0.05) is 5.56 Å². The van der Waals surface area contributed by atoms with Crippen LogP contribution >= 0.6 is 0 Å². The van der Waals surface area contributed by atoms with E-state index in [0.717, 1.165) is 12.1 Å². The minimum absolute atomic E-state index is 0.195. The van der Waals surface area contributed by atoms with E-state index in [-0.39, 0.29) is 5.56 Å². The standard InChI is InChI=1S/C10H8F2N2O2/c1-5(14-10(15)16)8-3-7(11)2-6(4-13)9(8)12/h2-3,5,14H,1H3,(H,15,16). The lowest BCUT2D eigenvalue weighted by Crippen LogP contribution is -2.25. The lowest BCUT2D eigenvalue weighted by atomic mass is 10.0. The molecule has 0 heterocycles. The van der Waals surface area contributed by atoms with Crippen molar-refractivity contribution in [3.63, 3.8) is 0 Å². The fraction of sp³-hybridized carbons (Fsp3) is 0.200. The first kappa shape index (κ1) is 11.9. The Bertz CT molecular complexity index is 469. The Balaban J connectivity index is 3.18. The van der Waals surface area contributed by atoms with Crippen molar-refractivity contribution in [1.29, 1.82) is 5.26 Å². The second-order valence-electron chi connectivity index (χ2n) is 3.14. The predicted molar refractivity (Wildman–Crippen MR) is 50.6 cm³/mol. The van der Waals surface area contributed by atoms with E-state index >= 15 is 0 Å². The third-order valence-electron chi connectivity index (χ3n) is 1.99. The van der Waals surface area contributed by atoms with Gasteiger partial charge in [0.25, 0.3) is 0 Å². The van der Waals surface area contributed by atoms with Crippen LogP contribution in [0.2, 0.25) is 0 Å². The molecule has 4 nitrogen and oxygen atoms in total. The molecule has 0 aromatic heterocycles. The van der Waals surface area contributed by atoms with Crippen molar-refractivity contribution in [2.45, 2.75) is 13.0 Å². The van der Waals surface area contributed by atoms with E-state index < -0.39 is 29.3 Å². The molecule has 2 N–H and O–H groups in total. The Morgan fingerprint density at radius 2 is 2.19 bits per heavy atom. The van der Waals surface area contributed by atoms with E-state index in [1.165, 1.54) is 13.0 Å². The van der Waals surface area contributed by atoms with Crippen LogP contribution in [0.5, 0.6) is 0 Å². The maximum atomic E-state index is 13.5. The van der Waals surface area contributed by atoms with Crippen LogP contribution in [0.25, 0.3) is 0 Å². The number of carbonyl (C=O) groups is 1. The van der Waals surface area contributed by atoms with Gasteiger partial charge in [-0.15, -0.1) is 0 Å². The first-order valence-electron chi connectivity index (χ1n) is 4.34. The molecule has 1 rings (SSSR count). The van der Waals surface area contributed by atoms with Crippen molar-refractivity contribution in [2.75, 3.05) is 0 Å². The average molecular weight is 226 g/mol. The molecular weight excluding hydrogens is 218 g/mol. The molecule has 0 fully saturated rings. The van der Waals surface area contributed by atoms with Crippen molar-refractivity contribution in [1.82, 2.24) is 5.32 Å². The van der Waals surface area contributed by atoms with Gasteiger partial charge in [-0.2, -0.15) is 5.26 Å². The molecule has 1 unspecified atom stereocenters. The predicted octanol–water partition coefficient (Wildman–Crippen LogP) is 2.17. The van der Waals surface area contributed by atoms with Crippen LogP contribution in [0, 0.1) is 23.0 Å². The van der Waals surface area contributed by atoms with Crippen LogP contribution in [0.4, 0.5) is 13.6 Å². The van der Waals surface area contributed by atoms with Gasteiger partial charge in [-0.3, -0.25) is 0 Å². The summed E-state index contributed by atoms with van der Waals surface area (Å²) in [6.07, 6.45) is -1.35. The number of hydrogen-bond donors (Lipinski definition) is 2. The number of nitrogens with one attached hydrogen (secondary N) is 1. The van der Waals surface area contributed by atoms with E-state index in [1.54, 1.807) is 0 Å². The van der Waals surface area contributed by atoms with Crippen molar-refractivity contribution < 1.29 is 18.7 Å². The van der Waals surface area contributed by atoms with E-state index in [1.807, 2.05) is 5.32 Å². The zero-order valence-electron chi connectivity index (χ0n) is 8.29. The molecule has 0 spiro atoms. The topological polar surface area (TPSA) is 73.1 Å². The zero-order chi connectivity index (χ0) is 12.3. The Morgan fingerprint density at radius 1 is 1.56 bits per heavy atom. The lowest BCUT2D eigenvalue weighted by molar-refractivity contribution is 0.190. The molecule has 0 saturated carbocycles. The molecule has 16 heavy (non-hydrogen) atoms. The molecule has 84 valence electrons. The summed E-state index contributed by atoms with van der Waals surface area (Å²) >= 11 is 0. The van der Waals surface area contributed by atoms with E-state index in [0.29, 0.717) is 0 Å². The monoisotopic (exact) mass is 226 g/mol. The smallest absolute Gasteiger partial charge is 0.405 e. The largest absolute Gasteiger partial charge is 0.465 e. The van der Waals surface area contributed by atoms with Crippen molar-refractivity contribution in [3.05, 3.63) is 34.9 Å². The summed E-state index contributed by atoms with van der Waals surface area (Å²) in [5.41, 5.74) is -0.645. The second kappa shape index (κ2) is 4.57. The fourth-order valence-electron chi connectivity index (χ4n) is 1.27. The quantitative estimate of drug-likeness (QED) is 0.811. The third-order valence-corrected chi connectivity index (χ3v) is 1.99. The van der Waals surface area contributed by atoms with E-state index in [2.05, 4.69) is 0 Å². The third kappa shape index (κ3) is 2.45. The average Bonchev–Trinajstić information content (AvgIpc) is 2.19. The molecule has 0 aliphatic rings. The summed E-state index contributed by atoms with van der Waals surface area (Å²) in [7, 11) is 0. The summed E-state index contributed by atoms with van der Waals surface area (Å²) in [4.78, 5) is 10.3. The number of nitriles is 1. The zero-order valence-corrected chi connectivity index (χ0v) is 8.29. The highest BCUT2D eigenvalue weighted by atomic mass is 19.1. The van der Waals surface area contributed by atoms with Crippen LogP contribution in [-0.4, -0.2) is 11.2 Å². The summed E-state index contributed by atoms with van der Waals surface area (Å²) in [6.45, 7) is 1.35. The first-order chi connectivity index (χ1) is 7.45. The highest BCUT2D eigenvalue weighted by Gasteiger charge is 2.17. The minimum Gasteiger partial charge on any atom is -0.465 e. The molecule has 0 aliphatic heterocycles. The van der Waals surface area contributed by atoms with E-state index in [9.17, 15) is 13.6 Å². The van der Waals surface area contributed by atoms with E-state index in [4.69, 9.17) is 10.4 Å². The highest BCUT2D eigenvalue weighted by Crippen LogP contribution is 2.21. The van der Waals surface area contributed by atoms with Gasteiger partial charge >= 0.3 is 6.09 Å². The van der Waals surface area contributed by atoms with Crippen LogP contribution in [0.1, 0.15) is 24.1 Å². The lowest BCUT2D eigenvalue weighted by Gasteiger charge is -2.13. The van der Waals surface area contributed by atoms with Gasteiger partial charge in [0.05, 0.1) is 11.6 Å². The number of amides is 1. The number of rotatable bonds is 2. The van der Waals surface area contributed by atoms with Crippen molar-refractivity contribution in [2.24, 2.45) is 0 Å². The van der Waals surface area contributed by atoms with Gasteiger partial charge in [0.15, 0.2) is 0 Å². The van der Waals surface area contributed by atoms with Crippen LogP contribution in [0.15, 0.2) is 12.1 Å². The summed E-state index contributed by atoms with van der Waals surface area (Å²) in [6, 6.07) is 2.18. The normalized spacial score (nSPS) is 11.6. The molecule has 0 aliphatic carbocycles. The molecule has 0 radical (unpaired) electrons. The molecule has 1 atom stereocenters. The van der Waals surface area contributed by atoms with Gasteiger partial charge in [0.2, 0.25) is 0 Å². The summed E-state index contributed by atoms with van der Waals surface area (Å²) < 4.78 is 26.5. The van der Waals surface area contributed by atoms with Gasteiger partial charge in [-0.1, -0.05) is 0 Å². The Hall–Kier alpha value is -2.16. The molecule has 1 aromatic carbocycles. The van der Waals surface area contributed by atoms with Crippen molar-refractivity contribution in [3.8, 4) is 6.07 Å².